The average molecular weight is 559 g/mol. The minimum Gasteiger partial charge on any atom is -0.298 e. The van der Waals surface area contributed by atoms with Crippen LogP contribution in [0.2, 0.25) is 0 Å². The van der Waals surface area contributed by atoms with E-state index in [2.05, 4.69) is 38.1 Å². The van der Waals surface area contributed by atoms with Crippen molar-refractivity contribution in [2.75, 3.05) is 0 Å². The Kier molecular flexibility index (Phi) is 15.5. The lowest BCUT2D eigenvalue weighted by molar-refractivity contribution is 0.111. The van der Waals surface area contributed by atoms with Crippen LogP contribution in [0, 0.1) is 0 Å². The smallest absolute Gasteiger partial charge is 0.150 e. The molecule has 2 nitrogen and oxygen atoms in total. The highest BCUT2D eigenvalue weighted by molar-refractivity contribution is 5.87. The molecule has 41 heavy (non-hydrogen) atoms. The van der Waals surface area contributed by atoms with Crippen LogP contribution in [0.1, 0.15) is 187 Å². The van der Waals surface area contributed by atoms with Gasteiger partial charge in [-0.15, -0.1) is 0 Å². The molecule has 0 atom stereocenters. The van der Waals surface area contributed by atoms with Crippen LogP contribution in [-0.4, -0.2) is 12.6 Å². The van der Waals surface area contributed by atoms with Crippen LogP contribution in [0.4, 0.5) is 0 Å². The minimum atomic E-state index is -0.0942. The van der Waals surface area contributed by atoms with Gasteiger partial charge in [-0.05, 0) is 47.2 Å². The summed E-state index contributed by atoms with van der Waals surface area (Å²) in [5.74, 6) is 0. The lowest BCUT2D eigenvalue weighted by atomic mass is 9.70. The van der Waals surface area contributed by atoms with Crippen molar-refractivity contribution in [2.24, 2.45) is 0 Å². The molecule has 0 aliphatic heterocycles. The van der Waals surface area contributed by atoms with E-state index in [1.165, 1.54) is 151 Å². The third-order valence-electron chi connectivity index (χ3n) is 9.59. The molecule has 0 saturated carbocycles. The van der Waals surface area contributed by atoms with Crippen LogP contribution in [0.25, 0.3) is 11.1 Å². The molecule has 0 heterocycles. The Hall–Kier alpha value is -2.22. The molecule has 0 aromatic heterocycles. The topological polar surface area (TPSA) is 34.1 Å². The molecule has 0 spiro atoms. The van der Waals surface area contributed by atoms with E-state index in [4.69, 9.17) is 0 Å². The zero-order valence-electron chi connectivity index (χ0n) is 26.5. The second-order valence-electron chi connectivity index (χ2n) is 12.8. The van der Waals surface area contributed by atoms with Crippen molar-refractivity contribution in [2.45, 2.75) is 161 Å². The van der Waals surface area contributed by atoms with Crippen LogP contribution < -0.4 is 0 Å². The zero-order chi connectivity index (χ0) is 29.2. The number of benzene rings is 2. The number of carbonyl (C=O) groups is 2. The standard InChI is InChI=1S/C39H58O2/c1-3-5-7-9-11-13-15-17-19-21-27-39(28-22-20-18-16-14-12-10-8-6-4-2)37-29-33(31-40)23-25-35(37)36-26-24-34(32-41)30-38(36)39/h23-26,29-32H,3-22,27-28H2,1-2H3. The molecule has 226 valence electrons. The number of rotatable bonds is 24. The minimum absolute atomic E-state index is 0.0942. The molecule has 0 bridgehead atoms. The molecule has 2 aromatic carbocycles. The number of carbonyl (C=O) groups excluding carboxylic acids is 2. The number of hydrogen-bond acceptors (Lipinski definition) is 2. The maximum absolute atomic E-state index is 11.8. The molecular formula is C39H58O2. The molecule has 0 amide bonds. The van der Waals surface area contributed by atoms with Gasteiger partial charge in [0.1, 0.15) is 12.6 Å². The van der Waals surface area contributed by atoms with Crippen LogP contribution >= 0.6 is 0 Å². The molecule has 0 saturated heterocycles. The third kappa shape index (κ3) is 9.93. The predicted molar refractivity (Wildman–Crippen MR) is 176 cm³/mol. The lowest BCUT2D eigenvalue weighted by Gasteiger charge is -2.33. The van der Waals surface area contributed by atoms with Crippen molar-refractivity contribution in [3.05, 3.63) is 58.7 Å². The van der Waals surface area contributed by atoms with Gasteiger partial charge in [0.2, 0.25) is 0 Å². The molecular weight excluding hydrogens is 500 g/mol. The van der Waals surface area contributed by atoms with Crippen LogP contribution in [0.5, 0.6) is 0 Å². The van der Waals surface area contributed by atoms with Crippen LogP contribution in [0.3, 0.4) is 0 Å². The Balaban J connectivity index is 1.66. The molecule has 3 rings (SSSR count). The summed E-state index contributed by atoms with van der Waals surface area (Å²) in [6.07, 6.45) is 30.9. The molecule has 0 radical (unpaired) electrons. The number of hydrogen-bond donors (Lipinski definition) is 0. The van der Waals surface area contributed by atoms with Gasteiger partial charge < -0.3 is 0 Å². The van der Waals surface area contributed by atoms with Gasteiger partial charge in [-0.1, -0.05) is 167 Å². The number of aldehydes is 2. The maximum atomic E-state index is 11.8. The van der Waals surface area contributed by atoms with E-state index < -0.39 is 0 Å². The molecule has 0 unspecified atom stereocenters. The lowest BCUT2D eigenvalue weighted by Crippen LogP contribution is -2.26. The summed E-state index contributed by atoms with van der Waals surface area (Å²) in [5, 5.41) is 0. The van der Waals surface area contributed by atoms with Gasteiger partial charge >= 0.3 is 0 Å². The molecule has 0 N–H and O–H groups in total. The van der Waals surface area contributed by atoms with E-state index >= 15 is 0 Å². The normalized spacial score (nSPS) is 13.2. The summed E-state index contributed by atoms with van der Waals surface area (Å²) >= 11 is 0. The first-order valence-corrected chi connectivity index (χ1v) is 17.4. The van der Waals surface area contributed by atoms with Crippen molar-refractivity contribution in [3.8, 4) is 11.1 Å². The van der Waals surface area contributed by atoms with Crippen molar-refractivity contribution < 1.29 is 9.59 Å². The maximum Gasteiger partial charge on any atom is 0.150 e. The fraction of sp³-hybridized carbons (Fsp3) is 0.641. The summed E-state index contributed by atoms with van der Waals surface area (Å²) in [7, 11) is 0. The van der Waals surface area contributed by atoms with E-state index in [-0.39, 0.29) is 5.41 Å². The van der Waals surface area contributed by atoms with Gasteiger partial charge in [-0.3, -0.25) is 9.59 Å². The second kappa shape index (κ2) is 19.1. The Bertz CT molecular complexity index is 952. The van der Waals surface area contributed by atoms with Crippen molar-refractivity contribution >= 4 is 12.6 Å². The highest BCUT2D eigenvalue weighted by Crippen LogP contribution is 2.54. The van der Waals surface area contributed by atoms with Gasteiger partial charge in [0, 0.05) is 16.5 Å². The van der Waals surface area contributed by atoms with Crippen LogP contribution in [-0.2, 0) is 5.41 Å². The summed E-state index contributed by atoms with van der Waals surface area (Å²) in [4.78, 5) is 23.7. The van der Waals surface area contributed by atoms with E-state index in [9.17, 15) is 9.59 Å². The molecule has 2 aromatic rings. The highest BCUT2D eigenvalue weighted by atomic mass is 16.1. The Labute approximate surface area is 252 Å². The first-order chi connectivity index (χ1) is 20.2. The van der Waals surface area contributed by atoms with Gasteiger partial charge in [-0.2, -0.15) is 0 Å². The fourth-order valence-electron chi connectivity index (χ4n) is 7.17. The largest absolute Gasteiger partial charge is 0.298 e. The average Bonchev–Trinajstić information content (AvgIpc) is 3.27. The summed E-state index contributed by atoms with van der Waals surface area (Å²) in [5.41, 5.74) is 6.62. The highest BCUT2D eigenvalue weighted by Gasteiger charge is 2.42. The Morgan fingerprint density at radius 2 is 0.780 bits per heavy atom. The predicted octanol–water partition coefficient (Wildman–Crippen LogP) is 12.2. The van der Waals surface area contributed by atoms with Crippen molar-refractivity contribution in [1.29, 1.82) is 0 Å². The quantitative estimate of drug-likeness (QED) is 0.0948. The second-order valence-corrected chi connectivity index (χ2v) is 12.8. The first-order valence-electron chi connectivity index (χ1n) is 17.4. The van der Waals surface area contributed by atoms with E-state index in [1.54, 1.807) is 0 Å². The molecule has 1 aliphatic carbocycles. The summed E-state index contributed by atoms with van der Waals surface area (Å²) in [6, 6.07) is 12.5. The summed E-state index contributed by atoms with van der Waals surface area (Å²) in [6.45, 7) is 4.56. The fourth-order valence-corrected chi connectivity index (χ4v) is 7.17. The van der Waals surface area contributed by atoms with Gasteiger partial charge in [0.15, 0.2) is 0 Å². The van der Waals surface area contributed by atoms with Gasteiger partial charge in [0.05, 0.1) is 0 Å². The summed E-state index contributed by atoms with van der Waals surface area (Å²) < 4.78 is 0. The Morgan fingerprint density at radius 1 is 0.463 bits per heavy atom. The van der Waals surface area contributed by atoms with E-state index in [0.717, 1.165) is 36.5 Å². The van der Waals surface area contributed by atoms with Gasteiger partial charge in [-0.25, -0.2) is 0 Å². The van der Waals surface area contributed by atoms with Crippen LogP contribution in [0.15, 0.2) is 36.4 Å². The molecule has 2 heteroatoms. The first kappa shape index (κ1) is 33.3. The zero-order valence-corrected chi connectivity index (χ0v) is 26.5. The Morgan fingerprint density at radius 3 is 1.10 bits per heavy atom. The van der Waals surface area contributed by atoms with E-state index in [0.29, 0.717) is 0 Å². The SMILES string of the molecule is CCCCCCCCCCCCC1(CCCCCCCCCCCC)c2cc(C=O)ccc2-c2ccc(C=O)cc21. The molecule has 0 fully saturated rings. The third-order valence-corrected chi connectivity index (χ3v) is 9.59. The van der Waals surface area contributed by atoms with Gasteiger partial charge in [0.25, 0.3) is 0 Å². The number of fused-ring (bicyclic) bond motifs is 3. The van der Waals surface area contributed by atoms with Crippen molar-refractivity contribution in [3.63, 3.8) is 0 Å². The van der Waals surface area contributed by atoms with Crippen molar-refractivity contribution in [1.82, 2.24) is 0 Å². The molecule has 1 aliphatic rings. The monoisotopic (exact) mass is 558 g/mol. The van der Waals surface area contributed by atoms with E-state index in [1.807, 2.05) is 12.1 Å². The number of unbranched alkanes of at least 4 members (excludes halogenated alkanes) is 18.